The van der Waals surface area contributed by atoms with E-state index in [1.165, 1.54) is 36.9 Å². The normalized spacial score (nSPS) is 20.9. The van der Waals surface area contributed by atoms with Gasteiger partial charge < -0.3 is 5.32 Å². The Morgan fingerprint density at radius 2 is 1.93 bits per heavy atom. The fraction of sp³-hybridized carbons (Fsp3) is 0.500. The Labute approximate surface area is 102 Å². The fourth-order valence-electron chi connectivity index (χ4n) is 2.97. The van der Waals surface area contributed by atoms with Crippen LogP contribution >= 0.6 is 24.0 Å². The lowest BCUT2D eigenvalue weighted by Crippen LogP contribution is -2.23. The highest BCUT2D eigenvalue weighted by molar-refractivity contribution is 6.30. The lowest BCUT2D eigenvalue weighted by molar-refractivity contribution is 0.489. The van der Waals surface area contributed by atoms with E-state index in [1.807, 2.05) is 6.07 Å². The molecule has 1 saturated carbocycles. The molecule has 1 nitrogen and oxygen atoms in total. The molecule has 1 aliphatic heterocycles. The van der Waals surface area contributed by atoms with Gasteiger partial charge in [-0.3, -0.25) is 0 Å². The lowest BCUT2D eigenvalue weighted by atomic mass is 9.81. The summed E-state index contributed by atoms with van der Waals surface area (Å²) in [5.74, 6) is 0. The van der Waals surface area contributed by atoms with Crippen LogP contribution in [0.2, 0.25) is 5.02 Å². The number of benzene rings is 1. The Balaban J connectivity index is 0.000000853. The maximum atomic E-state index is 6.06. The number of hydrogen-bond donors (Lipinski definition) is 1. The molecular weight excluding hydrogens is 229 g/mol. The number of nitrogens with one attached hydrogen (secondary N) is 1. The Kier molecular flexibility index (Phi) is 2.87. The minimum atomic E-state index is 0. The minimum Gasteiger partial charge on any atom is -0.384 e. The third kappa shape index (κ3) is 1.62. The standard InChI is InChI=1S/C12H14ClN.ClH/c13-9-3-4-11-10(7-9)12(8-14-11)5-1-2-6-12;/h3-4,7,14H,1-2,5-6,8H2;1H. The maximum Gasteiger partial charge on any atom is 0.0410 e. The molecule has 1 aromatic carbocycles. The van der Waals surface area contributed by atoms with Crippen LogP contribution in [0.25, 0.3) is 0 Å². The van der Waals surface area contributed by atoms with E-state index >= 15 is 0 Å². The first kappa shape index (κ1) is 11.1. The molecule has 1 heterocycles. The first-order chi connectivity index (χ1) is 6.80. The van der Waals surface area contributed by atoms with Crippen LogP contribution in [0.15, 0.2) is 18.2 Å². The molecule has 0 saturated heterocycles. The maximum absolute atomic E-state index is 6.06. The monoisotopic (exact) mass is 243 g/mol. The highest BCUT2D eigenvalue weighted by atomic mass is 35.5. The van der Waals surface area contributed by atoms with Crippen molar-refractivity contribution in [2.24, 2.45) is 0 Å². The van der Waals surface area contributed by atoms with Crippen LogP contribution in [0.1, 0.15) is 31.2 Å². The summed E-state index contributed by atoms with van der Waals surface area (Å²) in [7, 11) is 0. The van der Waals surface area contributed by atoms with Gasteiger partial charge in [-0.25, -0.2) is 0 Å². The van der Waals surface area contributed by atoms with Gasteiger partial charge in [-0.05, 0) is 36.6 Å². The Hall–Kier alpha value is -0.400. The summed E-state index contributed by atoms with van der Waals surface area (Å²) in [6, 6.07) is 6.24. The van der Waals surface area contributed by atoms with Gasteiger partial charge in [0.15, 0.2) is 0 Å². The zero-order valence-corrected chi connectivity index (χ0v) is 10.1. The van der Waals surface area contributed by atoms with Gasteiger partial charge in [-0.2, -0.15) is 0 Å². The summed E-state index contributed by atoms with van der Waals surface area (Å²) in [4.78, 5) is 0. The second-order valence-electron chi connectivity index (χ2n) is 4.53. The summed E-state index contributed by atoms with van der Waals surface area (Å²) in [5.41, 5.74) is 3.18. The van der Waals surface area contributed by atoms with E-state index in [4.69, 9.17) is 11.6 Å². The topological polar surface area (TPSA) is 12.0 Å². The van der Waals surface area contributed by atoms with Crippen molar-refractivity contribution in [3.8, 4) is 0 Å². The van der Waals surface area contributed by atoms with Crippen molar-refractivity contribution < 1.29 is 0 Å². The highest BCUT2D eigenvalue weighted by Gasteiger charge is 2.40. The molecule has 1 N–H and O–H groups in total. The van der Waals surface area contributed by atoms with E-state index in [0.717, 1.165) is 11.6 Å². The zero-order valence-electron chi connectivity index (χ0n) is 8.55. The molecule has 0 aromatic heterocycles. The van der Waals surface area contributed by atoms with Crippen molar-refractivity contribution in [2.75, 3.05) is 11.9 Å². The number of fused-ring (bicyclic) bond motifs is 2. The third-order valence-electron chi connectivity index (χ3n) is 3.73. The van der Waals surface area contributed by atoms with Gasteiger partial charge in [-0.1, -0.05) is 24.4 Å². The van der Waals surface area contributed by atoms with Crippen molar-refractivity contribution >= 4 is 29.7 Å². The van der Waals surface area contributed by atoms with Gasteiger partial charge >= 0.3 is 0 Å². The van der Waals surface area contributed by atoms with E-state index in [9.17, 15) is 0 Å². The fourth-order valence-corrected chi connectivity index (χ4v) is 3.14. The second-order valence-corrected chi connectivity index (χ2v) is 4.97. The van der Waals surface area contributed by atoms with Crippen molar-refractivity contribution in [2.45, 2.75) is 31.1 Å². The molecule has 1 spiro atoms. The predicted molar refractivity (Wildman–Crippen MR) is 67.3 cm³/mol. The van der Waals surface area contributed by atoms with Crippen LogP contribution in [-0.4, -0.2) is 6.54 Å². The van der Waals surface area contributed by atoms with E-state index in [1.54, 1.807) is 0 Å². The van der Waals surface area contributed by atoms with E-state index in [-0.39, 0.29) is 12.4 Å². The van der Waals surface area contributed by atoms with Crippen molar-refractivity contribution in [3.63, 3.8) is 0 Å². The number of halogens is 2. The number of hydrogen-bond acceptors (Lipinski definition) is 1. The summed E-state index contributed by atoms with van der Waals surface area (Å²) >= 11 is 6.06. The largest absolute Gasteiger partial charge is 0.384 e. The van der Waals surface area contributed by atoms with Gasteiger partial charge in [0.05, 0.1) is 0 Å². The molecule has 2 aliphatic rings. The van der Waals surface area contributed by atoms with Crippen LogP contribution in [0.3, 0.4) is 0 Å². The smallest absolute Gasteiger partial charge is 0.0410 e. The molecule has 0 amide bonds. The molecule has 3 heteroatoms. The van der Waals surface area contributed by atoms with Crippen LogP contribution in [0, 0.1) is 0 Å². The Morgan fingerprint density at radius 1 is 1.20 bits per heavy atom. The molecule has 0 radical (unpaired) electrons. The van der Waals surface area contributed by atoms with Crippen molar-refractivity contribution in [1.82, 2.24) is 0 Å². The van der Waals surface area contributed by atoms with Crippen molar-refractivity contribution in [3.05, 3.63) is 28.8 Å². The molecule has 0 unspecified atom stereocenters. The zero-order chi connectivity index (χ0) is 9.60. The van der Waals surface area contributed by atoms with E-state index < -0.39 is 0 Å². The lowest BCUT2D eigenvalue weighted by Gasteiger charge is -2.22. The summed E-state index contributed by atoms with van der Waals surface area (Å²) < 4.78 is 0. The Bertz CT molecular complexity index is 370. The molecular formula is C12H15Cl2N. The van der Waals surface area contributed by atoms with E-state index in [2.05, 4.69) is 17.4 Å². The van der Waals surface area contributed by atoms with Gasteiger partial charge in [-0.15, -0.1) is 12.4 Å². The average Bonchev–Trinajstić information content (AvgIpc) is 2.77. The highest BCUT2D eigenvalue weighted by Crippen LogP contribution is 2.48. The van der Waals surface area contributed by atoms with Crippen LogP contribution < -0.4 is 5.32 Å². The van der Waals surface area contributed by atoms with Gasteiger partial charge in [0.25, 0.3) is 0 Å². The second kappa shape index (κ2) is 3.88. The molecule has 3 rings (SSSR count). The third-order valence-corrected chi connectivity index (χ3v) is 3.97. The quantitative estimate of drug-likeness (QED) is 0.727. The first-order valence-corrected chi connectivity index (χ1v) is 5.72. The SMILES string of the molecule is Cl.Clc1ccc2c(c1)C1(CCCC1)CN2. The molecule has 82 valence electrons. The molecule has 0 bridgehead atoms. The summed E-state index contributed by atoms with van der Waals surface area (Å²) in [6.45, 7) is 1.11. The molecule has 0 atom stereocenters. The van der Waals surface area contributed by atoms with Crippen LogP contribution in [-0.2, 0) is 5.41 Å². The minimum absolute atomic E-state index is 0. The van der Waals surface area contributed by atoms with Crippen LogP contribution in [0.5, 0.6) is 0 Å². The van der Waals surface area contributed by atoms with Crippen LogP contribution in [0.4, 0.5) is 5.69 Å². The average molecular weight is 244 g/mol. The molecule has 1 aromatic rings. The molecule has 1 aliphatic carbocycles. The van der Waals surface area contributed by atoms with E-state index in [0.29, 0.717) is 5.41 Å². The number of rotatable bonds is 0. The summed E-state index contributed by atoms with van der Waals surface area (Å²) in [5, 5.41) is 4.38. The molecule has 15 heavy (non-hydrogen) atoms. The van der Waals surface area contributed by atoms with Crippen molar-refractivity contribution in [1.29, 1.82) is 0 Å². The van der Waals surface area contributed by atoms with Gasteiger partial charge in [0.1, 0.15) is 0 Å². The number of anilines is 1. The summed E-state index contributed by atoms with van der Waals surface area (Å²) in [6.07, 6.45) is 5.39. The van der Waals surface area contributed by atoms with Gasteiger partial charge in [0.2, 0.25) is 0 Å². The molecule has 1 fully saturated rings. The first-order valence-electron chi connectivity index (χ1n) is 5.34. The Morgan fingerprint density at radius 3 is 2.67 bits per heavy atom. The predicted octanol–water partition coefficient (Wildman–Crippen LogP) is 4.00. The van der Waals surface area contributed by atoms with Gasteiger partial charge in [0, 0.05) is 22.7 Å².